The van der Waals surface area contributed by atoms with E-state index in [1.165, 1.54) is 11.3 Å². The van der Waals surface area contributed by atoms with Gasteiger partial charge in [0.25, 0.3) is 0 Å². The first-order chi connectivity index (χ1) is 16.3. The van der Waals surface area contributed by atoms with Crippen molar-refractivity contribution in [2.75, 3.05) is 5.32 Å². The molecule has 186 valence electrons. The molecule has 1 aromatic carbocycles. The molecule has 0 aliphatic heterocycles. The Labute approximate surface area is 209 Å². The predicted octanol–water partition coefficient (Wildman–Crippen LogP) is 4.38. The maximum atomic E-state index is 11.9. The number of aryl methyl sites for hydroxylation is 1. The van der Waals surface area contributed by atoms with Gasteiger partial charge in [-0.2, -0.15) is 0 Å². The second kappa shape index (κ2) is 8.96. The highest BCUT2D eigenvalue weighted by Crippen LogP contribution is 2.50. The molecule has 2 heterocycles. The zero-order chi connectivity index (χ0) is 25.6. The van der Waals surface area contributed by atoms with Crippen LogP contribution >= 0.6 is 11.3 Å². The van der Waals surface area contributed by atoms with Gasteiger partial charge in [0.05, 0.1) is 10.6 Å². The summed E-state index contributed by atoms with van der Waals surface area (Å²) in [5.74, 6) is -0.174. The first kappa shape index (κ1) is 25.2. The minimum atomic E-state index is -1.09. The van der Waals surface area contributed by atoms with Crippen LogP contribution in [0.15, 0.2) is 36.7 Å². The fourth-order valence-electron chi connectivity index (χ4n) is 4.96. The van der Waals surface area contributed by atoms with E-state index in [2.05, 4.69) is 26.3 Å². The van der Waals surface area contributed by atoms with Crippen molar-refractivity contribution in [3.05, 3.63) is 52.9 Å². The third kappa shape index (κ3) is 5.37. The van der Waals surface area contributed by atoms with Crippen molar-refractivity contribution in [1.82, 2.24) is 15.0 Å². The Bertz CT molecular complexity index is 1250. The van der Waals surface area contributed by atoms with Crippen LogP contribution in [0, 0.1) is 18.3 Å². The summed E-state index contributed by atoms with van der Waals surface area (Å²) in [7, 11) is 0. The molecule has 2 aromatic heterocycles. The highest BCUT2D eigenvalue weighted by atomic mass is 32.1. The molecular formula is C26H33N5O3S. The molecular weight excluding hydrogens is 462 g/mol. The number of carbonyl (C=O) groups excluding carboxylic acids is 1. The van der Waals surface area contributed by atoms with Crippen molar-refractivity contribution >= 4 is 28.9 Å². The van der Waals surface area contributed by atoms with Gasteiger partial charge in [0, 0.05) is 24.0 Å². The Morgan fingerprint density at radius 1 is 1.26 bits per heavy atom. The van der Waals surface area contributed by atoms with Crippen LogP contribution in [0.2, 0.25) is 0 Å². The summed E-state index contributed by atoms with van der Waals surface area (Å²) in [5.41, 5.74) is 6.37. The van der Waals surface area contributed by atoms with Crippen LogP contribution < -0.4 is 11.1 Å². The van der Waals surface area contributed by atoms with Crippen molar-refractivity contribution in [2.24, 2.45) is 17.1 Å². The van der Waals surface area contributed by atoms with Crippen LogP contribution in [0.5, 0.6) is 0 Å². The summed E-state index contributed by atoms with van der Waals surface area (Å²) in [5, 5.41) is 25.6. The van der Waals surface area contributed by atoms with Gasteiger partial charge in [-0.1, -0.05) is 19.9 Å². The third-order valence-corrected chi connectivity index (χ3v) is 7.93. The van der Waals surface area contributed by atoms with Gasteiger partial charge in [0.1, 0.15) is 16.2 Å². The number of amides is 1. The maximum Gasteiger partial charge on any atom is 0.227 e. The largest absolute Gasteiger partial charge is 0.384 e. The number of nitrogens with zero attached hydrogens (tertiary/aromatic N) is 3. The molecule has 4 rings (SSSR count). The topological polar surface area (TPSA) is 134 Å². The maximum absolute atomic E-state index is 11.9. The van der Waals surface area contributed by atoms with Gasteiger partial charge >= 0.3 is 0 Å². The summed E-state index contributed by atoms with van der Waals surface area (Å²) in [6.07, 6.45) is 4.82. The lowest BCUT2D eigenvalue weighted by Crippen LogP contribution is -2.46. The van der Waals surface area contributed by atoms with Crippen LogP contribution in [-0.4, -0.2) is 31.1 Å². The van der Waals surface area contributed by atoms with E-state index in [4.69, 9.17) is 5.73 Å². The molecule has 9 heteroatoms. The van der Waals surface area contributed by atoms with E-state index in [-0.39, 0.29) is 11.8 Å². The molecule has 5 N–H and O–H groups in total. The first-order valence-corrected chi connectivity index (χ1v) is 12.5. The zero-order valence-corrected chi connectivity index (χ0v) is 21.6. The van der Waals surface area contributed by atoms with E-state index in [1.807, 2.05) is 32.9 Å². The third-order valence-electron chi connectivity index (χ3n) is 6.69. The monoisotopic (exact) mass is 495 g/mol. The molecule has 1 aliphatic rings. The predicted molar refractivity (Wildman–Crippen MR) is 137 cm³/mol. The number of aliphatic hydroxyl groups is 2. The quantitative estimate of drug-likeness (QED) is 0.399. The van der Waals surface area contributed by atoms with E-state index in [0.29, 0.717) is 35.9 Å². The van der Waals surface area contributed by atoms with Crippen LogP contribution in [0.3, 0.4) is 0 Å². The highest BCUT2D eigenvalue weighted by molar-refractivity contribution is 7.15. The first-order valence-electron chi connectivity index (χ1n) is 11.7. The van der Waals surface area contributed by atoms with Gasteiger partial charge in [-0.25, -0.2) is 15.0 Å². The van der Waals surface area contributed by atoms with Crippen LogP contribution in [0.25, 0.3) is 10.4 Å². The smallest absolute Gasteiger partial charge is 0.227 e. The van der Waals surface area contributed by atoms with Crippen molar-refractivity contribution in [3.8, 4) is 10.4 Å². The number of benzene rings is 1. The van der Waals surface area contributed by atoms with Crippen LogP contribution in [0.1, 0.15) is 63.2 Å². The highest BCUT2D eigenvalue weighted by Gasteiger charge is 2.48. The van der Waals surface area contributed by atoms with Crippen molar-refractivity contribution in [2.45, 2.75) is 65.1 Å². The minimum Gasteiger partial charge on any atom is -0.384 e. The Kier molecular flexibility index (Phi) is 6.46. The van der Waals surface area contributed by atoms with Crippen molar-refractivity contribution < 1.29 is 15.0 Å². The van der Waals surface area contributed by atoms with Gasteiger partial charge in [0.15, 0.2) is 0 Å². The summed E-state index contributed by atoms with van der Waals surface area (Å²) in [6.45, 7) is 9.33. The molecule has 0 unspecified atom stereocenters. The number of primary amides is 1. The standard InChI is InChI=1S/C26H33N5O3S/c1-15-10-16(12-17(11-15)30-23-28-9-7-20(31-23)25(4,5)33)19-13-29-22(35-19)26(34)8-6-18(21(27)32)24(2,3)14-26/h7,9-13,18,33-34H,6,8,14H2,1-5H3,(H2,27,32)(H,28,30,31)/t18-,26-/m1/s1. The Hall–Kier alpha value is -2.88. The summed E-state index contributed by atoms with van der Waals surface area (Å²) in [6, 6.07) is 7.73. The number of anilines is 2. The number of nitrogens with one attached hydrogen (secondary N) is 1. The number of carbonyl (C=O) groups is 1. The van der Waals surface area contributed by atoms with E-state index >= 15 is 0 Å². The van der Waals surface area contributed by atoms with E-state index in [1.54, 1.807) is 32.3 Å². The number of thiazole rings is 1. The van der Waals surface area contributed by atoms with Gasteiger partial charge in [-0.05, 0) is 74.8 Å². The molecule has 0 saturated heterocycles. The molecule has 1 aliphatic carbocycles. The normalized spacial score (nSPS) is 22.1. The molecule has 0 bridgehead atoms. The molecule has 0 radical (unpaired) electrons. The molecule has 35 heavy (non-hydrogen) atoms. The van der Waals surface area contributed by atoms with Gasteiger partial charge < -0.3 is 21.3 Å². The number of hydrogen-bond donors (Lipinski definition) is 4. The van der Waals surface area contributed by atoms with Crippen LogP contribution in [0.4, 0.5) is 11.6 Å². The Morgan fingerprint density at radius 2 is 2.00 bits per heavy atom. The molecule has 0 spiro atoms. The van der Waals surface area contributed by atoms with E-state index in [0.717, 1.165) is 21.7 Å². The summed E-state index contributed by atoms with van der Waals surface area (Å²) < 4.78 is 0. The molecule has 8 nitrogen and oxygen atoms in total. The number of hydrogen-bond acceptors (Lipinski definition) is 8. The zero-order valence-electron chi connectivity index (χ0n) is 20.8. The summed E-state index contributed by atoms with van der Waals surface area (Å²) >= 11 is 1.46. The minimum absolute atomic E-state index is 0.259. The number of nitrogens with two attached hydrogens (primary N) is 1. The van der Waals surface area contributed by atoms with Gasteiger partial charge in [0.2, 0.25) is 11.9 Å². The van der Waals surface area contributed by atoms with Crippen molar-refractivity contribution in [3.63, 3.8) is 0 Å². The average Bonchev–Trinajstić information content (AvgIpc) is 3.23. The Morgan fingerprint density at radius 3 is 2.66 bits per heavy atom. The van der Waals surface area contributed by atoms with Gasteiger partial charge in [-0.15, -0.1) is 11.3 Å². The van der Waals surface area contributed by atoms with E-state index < -0.39 is 16.6 Å². The molecule has 1 amide bonds. The van der Waals surface area contributed by atoms with Crippen molar-refractivity contribution in [1.29, 1.82) is 0 Å². The van der Waals surface area contributed by atoms with E-state index in [9.17, 15) is 15.0 Å². The SMILES string of the molecule is Cc1cc(Nc2nccc(C(C)(C)O)n2)cc(-c2cnc([C@@]3(O)CC[C@H](C(N)=O)C(C)(C)C3)s2)c1. The Balaban J connectivity index is 1.59. The lowest BCUT2D eigenvalue weighted by Gasteiger charge is -2.44. The fraction of sp³-hybridized carbons (Fsp3) is 0.462. The number of rotatable bonds is 6. The fourth-order valence-corrected chi connectivity index (χ4v) is 5.98. The van der Waals surface area contributed by atoms with Crippen LogP contribution in [-0.2, 0) is 16.0 Å². The lowest BCUT2D eigenvalue weighted by atomic mass is 9.63. The number of aromatic nitrogens is 3. The van der Waals surface area contributed by atoms with Gasteiger partial charge in [-0.3, -0.25) is 4.79 Å². The molecule has 3 aromatic rings. The summed E-state index contributed by atoms with van der Waals surface area (Å²) in [4.78, 5) is 26.1. The molecule has 1 fully saturated rings. The second-order valence-electron chi connectivity index (χ2n) is 10.8. The molecule has 2 atom stereocenters. The second-order valence-corrected chi connectivity index (χ2v) is 11.8. The average molecular weight is 496 g/mol. The lowest BCUT2D eigenvalue weighted by molar-refractivity contribution is -0.134. The molecule has 1 saturated carbocycles.